The number of hydrogen-bond acceptors (Lipinski definition) is 3. The van der Waals surface area contributed by atoms with Gasteiger partial charge in [-0.1, -0.05) is 20.8 Å². The van der Waals surface area contributed by atoms with Crippen molar-refractivity contribution in [3.05, 3.63) is 0 Å². The van der Waals surface area contributed by atoms with E-state index in [1.165, 1.54) is 18.6 Å². The Morgan fingerprint density at radius 2 is 2.06 bits per heavy atom. The molecule has 0 spiro atoms. The van der Waals surface area contributed by atoms with Crippen LogP contribution in [-0.2, 0) is 4.74 Å². The zero-order valence-corrected chi connectivity index (χ0v) is 12.2. The molecule has 1 heterocycles. The van der Waals surface area contributed by atoms with Crippen molar-refractivity contribution >= 4 is 11.8 Å². The third-order valence-corrected chi connectivity index (χ3v) is 4.37. The van der Waals surface area contributed by atoms with Crippen LogP contribution in [0.15, 0.2) is 0 Å². The Morgan fingerprint density at radius 1 is 1.38 bits per heavy atom. The minimum Gasteiger partial charge on any atom is -0.377 e. The van der Waals surface area contributed by atoms with Crippen molar-refractivity contribution in [2.24, 2.45) is 0 Å². The second-order valence-corrected chi connectivity index (χ2v) is 7.68. The average Bonchev–Trinajstić information content (AvgIpc) is 2.66. The van der Waals surface area contributed by atoms with Crippen molar-refractivity contribution in [1.29, 1.82) is 0 Å². The first-order valence-corrected chi connectivity index (χ1v) is 7.38. The van der Waals surface area contributed by atoms with Crippen molar-refractivity contribution in [2.45, 2.75) is 70.4 Å². The summed E-state index contributed by atoms with van der Waals surface area (Å²) >= 11 is 2.02. The highest BCUT2D eigenvalue weighted by molar-refractivity contribution is 8.00. The van der Waals surface area contributed by atoms with Crippen LogP contribution in [0.3, 0.4) is 0 Å². The van der Waals surface area contributed by atoms with Crippen LogP contribution in [-0.4, -0.2) is 35.3 Å². The molecule has 16 heavy (non-hydrogen) atoms. The summed E-state index contributed by atoms with van der Waals surface area (Å²) in [6.45, 7) is 12.3. The molecule has 1 aliphatic rings. The van der Waals surface area contributed by atoms with Crippen LogP contribution in [0, 0.1) is 0 Å². The molecule has 2 nitrogen and oxygen atoms in total. The lowest BCUT2D eigenvalue weighted by atomic mass is 10.1. The molecule has 0 aromatic rings. The normalized spacial score (nSPS) is 25.7. The van der Waals surface area contributed by atoms with Crippen LogP contribution in [0.2, 0.25) is 0 Å². The van der Waals surface area contributed by atoms with E-state index >= 15 is 0 Å². The van der Waals surface area contributed by atoms with E-state index in [4.69, 9.17) is 4.74 Å². The SMILES string of the molecule is C[C@H](CSC(C)(C)C)N[C@H](C)[C@@H]1CCCO1. The van der Waals surface area contributed by atoms with Crippen molar-refractivity contribution in [3.8, 4) is 0 Å². The van der Waals surface area contributed by atoms with Crippen LogP contribution in [0.5, 0.6) is 0 Å². The molecule has 1 fully saturated rings. The van der Waals surface area contributed by atoms with Crippen LogP contribution in [0.25, 0.3) is 0 Å². The van der Waals surface area contributed by atoms with E-state index in [1.807, 2.05) is 11.8 Å². The summed E-state index contributed by atoms with van der Waals surface area (Å²) in [6.07, 6.45) is 2.87. The topological polar surface area (TPSA) is 21.3 Å². The molecule has 1 aliphatic heterocycles. The van der Waals surface area contributed by atoms with Gasteiger partial charge < -0.3 is 10.1 Å². The largest absolute Gasteiger partial charge is 0.377 e. The zero-order valence-electron chi connectivity index (χ0n) is 11.4. The number of nitrogens with one attached hydrogen (secondary N) is 1. The predicted octanol–water partition coefficient (Wildman–Crippen LogP) is 3.06. The molecule has 0 aliphatic carbocycles. The molecule has 0 saturated carbocycles. The van der Waals surface area contributed by atoms with Gasteiger partial charge in [0.1, 0.15) is 0 Å². The molecule has 0 aromatic carbocycles. The minimum atomic E-state index is 0.364. The van der Waals surface area contributed by atoms with E-state index in [0.717, 1.165) is 6.61 Å². The molecule has 0 unspecified atom stereocenters. The Kier molecular flexibility index (Phi) is 5.62. The van der Waals surface area contributed by atoms with Crippen LogP contribution < -0.4 is 5.32 Å². The lowest BCUT2D eigenvalue weighted by Crippen LogP contribution is -2.43. The predicted molar refractivity (Wildman–Crippen MR) is 73.2 cm³/mol. The lowest BCUT2D eigenvalue weighted by molar-refractivity contribution is 0.0813. The maximum absolute atomic E-state index is 5.69. The summed E-state index contributed by atoms with van der Waals surface area (Å²) < 4.78 is 6.06. The second-order valence-electron chi connectivity index (χ2n) is 5.83. The molecule has 0 aromatic heterocycles. The van der Waals surface area contributed by atoms with Gasteiger partial charge in [-0.05, 0) is 26.7 Å². The van der Waals surface area contributed by atoms with Crippen molar-refractivity contribution in [2.75, 3.05) is 12.4 Å². The standard InChI is InChI=1S/C13H27NOS/c1-10(9-16-13(3,4)5)14-11(2)12-7-6-8-15-12/h10-12,14H,6-9H2,1-5H3/t10-,11-,12+/m1/s1. The number of rotatable bonds is 5. The minimum absolute atomic E-state index is 0.364. The maximum Gasteiger partial charge on any atom is 0.0726 e. The van der Waals surface area contributed by atoms with Crippen molar-refractivity contribution in [1.82, 2.24) is 5.32 Å². The van der Waals surface area contributed by atoms with E-state index in [1.54, 1.807) is 0 Å². The van der Waals surface area contributed by atoms with Crippen molar-refractivity contribution in [3.63, 3.8) is 0 Å². The second kappa shape index (κ2) is 6.27. The average molecular weight is 245 g/mol. The Balaban J connectivity index is 2.19. The number of ether oxygens (including phenoxy) is 1. The fourth-order valence-corrected chi connectivity index (χ4v) is 2.82. The maximum atomic E-state index is 5.69. The van der Waals surface area contributed by atoms with E-state index in [9.17, 15) is 0 Å². The Bertz CT molecular complexity index is 197. The summed E-state index contributed by atoms with van der Waals surface area (Å²) in [5.74, 6) is 1.17. The highest BCUT2D eigenvalue weighted by atomic mass is 32.2. The fraction of sp³-hybridized carbons (Fsp3) is 1.00. The van der Waals surface area contributed by atoms with E-state index in [0.29, 0.717) is 22.9 Å². The molecule has 1 rings (SSSR count). The highest BCUT2D eigenvalue weighted by Gasteiger charge is 2.23. The number of thioether (sulfide) groups is 1. The quantitative estimate of drug-likeness (QED) is 0.804. The lowest BCUT2D eigenvalue weighted by Gasteiger charge is -2.26. The van der Waals surface area contributed by atoms with E-state index in [2.05, 4.69) is 39.9 Å². The summed E-state index contributed by atoms with van der Waals surface area (Å²) in [4.78, 5) is 0. The summed E-state index contributed by atoms with van der Waals surface area (Å²) in [5.41, 5.74) is 0. The molecular formula is C13H27NOS. The molecule has 0 bridgehead atoms. The number of hydrogen-bond donors (Lipinski definition) is 1. The van der Waals surface area contributed by atoms with Gasteiger partial charge in [0.25, 0.3) is 0 Å². The van der Waals surface area contributed by atoms with Crippen LogP contribution in [0.1, 0.15) is 47.5 Å². The molecule has 96 valence electrons. The van der Waals surface area contributed by atoms with Gasteiger partial charge in [0.2, 0.25) is 0 Å². The van der Waals surface area contributed by atoms with Gasteiger partial charge >= 0.3 is 0 Å². The summed E-state index contributed by atoms with van der Waals surface area (Å²) in [7, 11) is 0. The van der Waals surface area contributed by atoms with Gasteiger partial charge in [0, 0.05) is 29.2 Å². The highest BCUT2D eigenvalue weighted by Crippen LogP contribution is 2.24. The molecule has 1 N–H and O–H groups in total. The van der Waals surface area contributed by atoms with E-state index < -0.39 is 0 Å². The molecule has 3 atom stereocenters. The van der Waals surface area contributed by atoms with Gasteiger partial charge in [-0.2, -0.15) is 11.8 Å². The van der Waals surface area contributed by atoms with Crippen molar-refractivity contribution < 1.29 is 4.74 Å². The molecular weight excluding hydrogens is 218 g/mol. The van der Waals surface area contributed by atoms with Gasteiger partial charge in [0.15, 0.2) is 0 Å². The third kappa shape index (κ3) is 5.55. The monoisotopic (exact) mass is 245 g/mol. The fourth-order valence-electron chi connectivity index (χ4n) is 1.98. The Hall–Kier alpha value is 0.270. The van der Waals surface area contributed by atoms with Gasteiger partial charge in [0.05, 0.1) is 6.10 Å². The molecule has 1 saturated heterocycles. The first-order valence-electron chi connectivity index (χ1n) is 6.40. The Morgan fingerprint density at radius 3 is 2.56 bits per heavy atom. The van der Waals surface area contributed by atoms with Gasteiger partial charge in [-0.25, -0.2) is 0 Å². The van der Waals surface area contributed by atoms with Crippen LogP contribution in [0.4, 0.5) is 0 Å². The summed E-state index contributed by atoms with van der Waals surface area (Å²) in [6, 6.07) is 1.04. The zero-order chi connectivity index (χ0) is 12.2. The first-order chi connectivity index (χ1) is 7.38. The molecule has 3 heteroatoms. The van der Waals surface area contributed by atoms with Gasteiger partial charge in [-0.15, -0.1) is 0 Å². The third-order valence-electron chi connectivity index (χ3n) is 2.84. The molecule has 0 radical (unpaired) electrons. The molecule has 0 amide bonds. The first kappa shape index (κ1) is 14.3. The van der Waals surface area contributed by atoms with Crippen LogP contribution >= 0.6 is 11.8 Å². The Labute approximate surface area is 105 Å². The summed E-state index contributed by atoms with van der Waals surface area (Å²) in [5, 5.41) is 3.65. The van der Waals surface area contributed by atoms with Gasteiger partial charge in [-0.3, -0.25) is 0 Å². The van der Waals surface area contributed by atoms with E-state index in [-0.39, 0.29) is 0 Å². The smallest absolute Gasteiger partial charge is 0.0726 e.